The molecule has 2 atom stereocenters. The number of nitrogens with zero attached hydrogens (tertiary/aromatic N) is 1. The third-order valence-electron chi connectivity index (χ3n) is 5.61. The predicted octanol–water partition coefficient (Wildman–Crippen LogP) is 2.72. The smallest absolute Gasteiger partial charge is 0.255 e. The van der Waals surface area contributed by atoms with E-state index >= 15 is 0 Å². The number of hydrogen-bond acceptors (Lipinski definition) is 6. The molecule has 2 aromatic rings. The molecule has 2 unspecified atom stereocenters. The number of primary amides is 1. The van der Waals surface area contributed by atoms with Crippen molar-refractivity contribution < 1.29 is 27.5 Å². The molecule has 10 heteroatoms. The quantitative estimate of drug-likeness (QED) is 0.634. The normalized spacial score (nSPS) is 19.0. The Hall–Kier alpha value is -3.11. The molecule has 3 rings (SSSR count). The fourth-order valence-electron chi connectivity index (χ4n) is 4.13. The van der Waals surface area contributed by atoms with Gasteiger partial charge in [0.2, 0.25) is 10.0 Å². The Labute approximate surface area is 193 Å². The molecule has 1 aliphatic heterocycles. The Morgan fingerprint density at radius 1 is 1.03 bits per heavy atom. The Kier molecular flexibility index (Phi) is 7.28. The topological polar surface area (TPSA) is 128 Å². The summed E-state index contributed by atoms with van der Waals surface area (Å²) < 4.78 is 38.3. The largest absolute Gasteiger partial charge is 0.493 e. The fraction of sp³-hybridized carbons (Fsp3) is 0.391. The molecule has 1 saturated heterocycles. The molecular formula is C23H29N3O6S. The Morgan fingerprint density at radius 3 is 2.21 bits per heavy atom. The van der Waals surface area contributed by atoms with Gasteiger partial charge < -0.3 is 20.5 Å². The van der Waals surface area contributed by atoms with Gasteiger partial charge in [-0.1, -0.05) is 19.9 Å². The molecule has 2 aromatic carbocycles. The summed E-state index contributed by atoms with van der Waals surface area (Å²) in [5.74, 6) is -0.275. The van der Waals surface area contributed by atoms with Crippen LogP contribution in [0.25, 0.3) is 0 Å². The summed E-state index contributed by atoms with van der Waals surface area (Å²) in [7, 11) is -0.921. The molecule has 0 spiro atoms. The van der Waals surface area contributed by atoms with E-state index in [0.717, 1.165) is 6.42 Å². The van der Waals surface area contributed by atoms with Crippen molar-refractivity contribution in [2.45, 2.75) is 25.2 Å². The van der Waals surface area contributed by atoms with Crippen molar-refractivity contribution >= 4 is 27.5 Å². The van der Waals surface area contributed by atoms with Gasteiger partial charge in [0.1, 0.15) is 0 Å². The third kappa shape index (κ3) is 5.28. The van der Waals surface area contributed by atoms with Crippen LogP contribution in [0.5, 0.6) is 11.5 Å². The van der Waals surface area contributed by atoms with Crippen LogP contribution in [0.4, 0.5) is 5.69 Å². The maximum atomic E-state index is 13.2. The van der Waals surface area contributed by atoms with Crippen LogP contribution in [0.15, 0.2) is 41.3 Å². The van der Waals surface area contributed by atoms with Gasteiger partial charge in [-0.05, 0) is 42.5 Å². The van der Waals surface area contributed by atoms with Crippen LogP contribution >= 0.6 is 0 Å². The first kappa shape index (κ1) is 24.5. The first-order valence-electron chi connectivity index (χ1n) is 10.5. The minimum atomic E-state index is -3.76. The molecule has 1 heterocycles. The number of rotatable bonds is 7. The van der Waals surface area contributed by atoms with E-state index < -0.39 is 21.8 Å². The molecule has 0 aliphatic carbocycles. The number of piperidine rings is 1. The first-order valence-corrected chi connectivity index (χ1v) is 12.0. The lowest BCUT2D eigenvalue weighted by Crippen LogP contribution is -2.42. The minimum Gasteiger partial charge on any atom is -0.493 e. The maximum Gasteiger partial charge on any atom is 0.255 e. The van der Waals surface area contributed by atoms with Crippen molar-refractivity contribution in [2.75, 3.05) is 32.6 Å². The monoisotopic (exact) mass is 475 g/mol. The highest BCUT2D eigenvalue weighted by Crippen LogP contribution is 2.33. The van der Waals surface area contributed by atoms with Crippen molar-refractivity contribution in [2.24, 2.45) is 17.6 Å². The summed E-state index contributed by atoms with van der Waals surface area (Å²) in [5.41, 5.74) is 5.73. The van der Waals surface area contributed by atoms with Gasteiger partial charge in [-0.15, -0.1) is 0 Å². The molecule has 0 radical (unpaired) electrons. The number of carbonyl (C=O) groups is 2. The number of hydrogen-bond donors (Lipinski definition) is 2. The third-order valence-corrected chi connectivity index (χ3v) is 7.43. The lowest BCUT2D eigenvalue weighted by molar-refractivity contribution is 0.100. The molecule has 3 N–H and O–H groups in total. The summed E-state index contributed by atoms with van der Waals surface area (Å²) in [6.45, 7) is 4.94. The van der Waals surface area contributed by atoms with Crippen molar-refractivity contribution in [3.63, 3.8) is 0 Å². The predicted molar refractivity (Wildman–Crippen MR) is 124 cm³/mol. The number of nitrogens with two attached hydrogens (primary N) is 1. The molecule has 1 fully saturated rings. The van der Waals surface area contributed by atoms with Crippen molar-refractivity contribution in [3.05, 3.63) is 47.5 Å². The molecule has 0 bridgehead atoms. The second-order valence-electron chi connectivity index (χ2n) is 8.37. The average Bonchev–Trinajstić information content (AvgIpc) is 2.77. The highest BCUT2D eigenvalue weighted by Gasteiger charge is 2.32. The van der Waals surface area contributed by atoms with Gasteiger partial charge in [0.25, 0.3) is 11.8 Å². The van der Waals surface area contributed by atoms with Gasteiger partial charge in [0.15, 0.2) is 11.5 Å². The summed E-state index contributed by atoms with van der Waals surface area (Å²) in [6.07, 6.45) is 0.974. The second kappa shape index (κ2) is 9.80. The fourth-order valence-corrected chi connectivity index (χ4v) is 5.86. The van der Waals surface area contributed by atoms with Gasteiger partial charge in [-0.2, -0.15) is 4.31 Å². The number of carbonyl (C=O) groups excluding carboxylic acids is 2. The van der Waals surface area contributed by atoms with Gasteiger partial charge >= 0.3 is 0 Å². The number of nitrogens with one attached hydrogen (secondary N) is 1. The Bertz CT molecular complexity index is 1150. The number of ether oxygens (including phenoxy) is 2. The van der Waals surface area contributed by atoms with Crippen molar-refractivity contribution in [1.29, 1.82) is 0 Å². The van der Waals surface area contributed by atoms with E-state index in [0.29, 0.717) is 18.8 Å². The van der Waals surface area contributed by atoms with Crippen LogP contribution in [-0.4, -0.2) is 51.8 Å². The highest BCUT2D eigenvalue weighted by molar-refractivity contribution is 7.89. The van der Waals surface area contributed by atoms with Gasteiger partial charge in [0, 0.05) is 24.7 Å². The zero-order valence-electron chi connectivity index (χ0n) is 19.1. The van der Waals surface area contributed by atoms with Crippen LogP contribution in [0.2, 0.25) is 0 Å². The molecular weight excluding hydrogens is 446 g/mol. The van der Waals surface area contributed by atoms with E-state index in [1.54, 1.807) is 0 Å². The molecule has 178 valence electrons. The van der Waals surface area contributed by atoms with Crippen molar-refractivity contribution in [3.8, 4) is 11.5 Å². The Morgan fingerprint density at radius 2 is 1.64 bits per heavy atom. The number of anilines is 1. The van der Waals surface area contributed by atoms with Gasteiger partial charge in [-0.25, -0.2) is 8.42 Å². The summed E-state index contributed by atoms with van der Waals surface area (Å²) >= 11 is 0. The van der Waals surface area contributed by atoms with Gasteiger partial charge in [0.05, 0.1) is 30.4 Å². The molecule has 0 saturated carbocycles. The molecule has 9 nitrogen and oxygen atoms in total. The van der Waals surface area contributed by atoms with Crippen LogP contribution in [0.3, 0.4) is 0 Å². The van der Waals surface area contributed by atoms with Crippen LogP contribution in [0.1, 0.15) is 41.0 Å². The average molecular weight is 476 g/mol. The zero-order chi connectivity index (χ0) is 24.3. The first-order chi connectivity index (χ1) is 15.6. The number of sulfonamides is 1. The van der Waals surface area contributed by atoms with E-state index in [-0.39, 0.29) is 39.3 Å². The van der Waals surface area contributed by atoms with E-state index in [1.165, 1.54) is 54.9 Å². The molecule has 0 aromatic heterocycles. The number of amides is 2. The SMILES string of the molecule is COc1cc(NC(=O)c2cccc(S(=O)(=O)N3CC(C)CC(C)C3)c2)c(C(N)=O)cc1OC. The molecule has 33 heavy (non-hydrogen) atoms. The highest BCUT2D eigenvalue weighted by atomic mass is 32.2. The number of methoxy groups -OCH3 is 2. The molecule has 2 amide bonds. The van der Waals surface area contributed by atoms with E-state index in [1.807, 2.05) is 13.8 Å². The van der Waals surface area contributed by atoms with Gasteiger partial charge in [-0.3, -0.25) is 9.59 Å². The van der Waals surface area contributed by atoms with Crippen LogP contribution < -0.4 is 20.5 Å². The van der Waals surface area contributed by atoms with E-state index in [2.05, 4.69) is 5.32 Å². The maximum absolute atomic E-state index is 13.2. The molecule has 1 aliphatic rings. The second-order valence-corrected chi connectivity index (χ2v) is 10.3. The lowest BCUT2D eigenvalue weighted by Gasteiger charge is -2.34. The number of benzene rings is 2. The van der Waals surface area contributed by atoms with Crippen LogP contribution in [0, 0.1) is 11.8 Å². The Balaban J connectivity index is 1.91. The standard InChI is InChI=1S/C23H29N3O6S/c1-14-8-15(2)13-26(12-14)33(29,30)17-7-5-6-16(9-17)23(28)25-19-11-21(32-4)20(31-3)10-18(19)22(24)27/h5-7,9-11,14-15H,8,12-13H2,1-4H3,(H2,24,27)(H,25,28). The summed E-state index contributed by atoms with van der Waals surface area (Å²) in [6, 6.07) is 8.62. The van der Waals surface area contributed by atoms with E-state index in [9.17, 15) is 18.0 Å². The summed E-state index contributed by atoms with van der Waals surface area (Å²) in [5, 5.41) is 2.62. The van der Waals surface area contributed by atoms with Crippen molar-refractivity contribution in [1.82, 2.24) is 4.31 Å². The lowest BCUT2D eigenvalue weighted by atomic mass is 9.94. The summed E-state index contributed by atoms with van der Waals surface area (Å²) in [4.78, 5) is 24.9. The van der Waals surface area contributed by atoms with Crippen LogP contribution in [-0.2, 0) is 10.0 Å². The van der Waals surface area contributed by atoms with E-state index in [4.69, 9.17) is 15.2 Å². The zero-order valence-corrected chi connectivity index (χ0v) is 19.9. The minimum absolute atomic E-state index is 0.0288.